The Morgan fingerprint density at radius 1 is 1.12 bits per heavy atom. The van der Waals surface area contributed by atoms with Crippen molar-refractivity contribution < 1.29 is 4.79 Å². The molecule has 2 aromatic carbocycles. The predicted octanol–water partition coefficient (Wildman–Crippen LogP) is 2.33. The van der Waals surface area contributed by atoms with E-state index in [4.69, 9.17) is 5.73 Å². The Labute approximate surface area is 93.9 Å². The molecule has 0 aliphatic heterocycles. The zero-order valence-corrected chi connectivity index (χ0v) is 8.60. The molecule has 0 aromatic heterocycles. The highest BCUT2D eigenvalue weighted by molar-refractivity contribution is 5.93. The average Bonchev–Trinajstić information content (AvgIpc) is 2.31. The Morgan fingerprint density at radius 3 is 2.44 bits per heavy atom. The maximum Gasteiger partial charge on any atom is 0.248 e. The first-order valence-electron chi connectivity index (χ1n) is 4.89. The lowest BCUT2D eigenvalue weighted by Gasteiger charge is -2.05. The number of carbonyl (C=O) groups is 1. The van der Waals surface area contributed by atoms with Crippen molar-refractivity contribution in [2.24, 2.45) is 5.73 Å². The van der Waals surface area contributed by atoms with Crippen LogP contribution in [0.3, 0.4) is 0 Å². The van der Waals surface area contributed by atoms with Gasteiger partial charge in [-0.15, -0.1) is 0 Å². The van der Waals surface area contributed by atoms with Crippen molar-refractivity contribution >= 4 is 17.3 Å². The number of rotatable bonds is 3. The normalized spacial score (nSPS) is 9.75. The van der Waals surface area contributed by atoms with E-state index in [0.717, 1.165) is 11.4 Å². The number of amides is 1. The van der Waals surface area contributed by atoms with Gasteiger partial charge in [-0.25, -0.2) is 0 Å². The fourth-order valence-electron chi connectivity index (χ4n) is 1.34. The van der Waals surface area contributed by atoms with Gasteiger partial charge in [-0.05, 0) is 30.3 Å². The topological polar surface area (TPSA) is 55.1 Å². The number of hydrogen-bond donors (Lipinski definition) is 2. The van der Waals surface area contributed by atoms with E-state index in [1.807, 2.05) is 24.3 Å². The Kier molecular flexibility index (Phi) is 2.87. The zero-order valence-electron chi connectivity index (χ0n) is 8.60. The number of benzene rings is 2. The number of primary amides is 1. The first-order valence-corrected chi connectivity index (χ1v) is 4.89. The van der Waals surface area contributed by atoms with Gasteiger partial charge in [0.15, 0.2) is 0 Å². The fourth-order valence-corrected chi connectivity index (χ4v) is 1.34. The third kappa shape index (κ3) is 2.39. The third-order valence-electron chi connectivity index (χ3n) is 2.16. The van der Waals surface area contributed by atoms with Gasteiger partial charge in [0.25, 0.3) is 0 Å². The summed E-state index contributed by atoms with van der Waals surface area (Å²) in [6.07, 6.45) is 0. The summed E-state index contributed by atoms with van der Waals surface area (Å²) >= 11 is 0. The zero-order chi connectivity index (χ0) is 11.4. The Balaban J connectivity index is 2.14. The van der Waals surface area contributed by atoms with Crippen LogP contribution in [0.4, 0.5) is 11.4 Å². The van der Waals surface area contributed by atoms with E-state index < -0.39 is 5.91 Å². The van der Waals surface area contributed by atoms with Gasteiger partial charge >= 0.3 is 0 Å². The average molecular weight is 211 g/mol. The van der Waals surface area contributed by atoms with E-state index in [2.05, 4.69) is 11.4 Å². The summed E-state index contributed by atoms with van der Waals surface area (Å²) in [5, 5.41) is 3.16. The van der Waals surface area contributed by atoms with Gasteiger partial charge in [0, 0.05) is 23.0 Å². The van der Waals surface area contributed by atoms with E-state index in [0.29, 0.717) is 5.56 Å². The van der Waals surface area contributed by atoms with Crippen molar-refractivity contribution in [2.75, 3.05) is 5.32 Å². The van der Waals surface area contributed by atoms with Crippen LogP contribution in [-0.2, 0) is 0 Å². The lowest BCUT2D eigenvalue weighted by atomic mass is 10.2. The standard InChI is InChI=1S/C13H11N2O/c14-13(16)10-6-8-12(9-7-10)15-11-4-2-1-3-5-11/h1-4,6-9,15H,(H2,14,16). The van der Waals surface area contributed by atoms with Crippen LogP contribution < -0.4 is 11.1 Å². The number of carbonyl (C=O) groups excluding carboxylic acids is 1. The van der Waals surface area contributed by atoms with Gasteiger partial charge in [0.1, 0.15) is 0 Å². The SMILES string of the molecule is NC(=O)c1ccc(Nc2[c]cccc2)cc1. The second-order valence-electron chi connectivity index (χ2n) is 3.34. The molecule has 3 heteroatoms. The molecular weight excluding hydrogens is 200 g/mol. The minimum absolute atomic E-state index is 0.419. The summed E-state index contributed by atoms with van der Waals surface area (Å²) in [5.74, 6) is -0.419. The lowest BCUT2D eigenvalue weighted by molar-refractivity contribution is 0.100. The largest absolute Gasteiger partial charge is 0.366 e. The molecule has 2 rings (SSSR count). The van der Waals surface area contributed by atoms with Crippen molar-refractivity contribution in [2.45, 2.75) is 0 Å². The summed E-state index contributed by atoms with van der Waals surface area (Å²) in [6.45, 7) is 0. The molecule has 3 nitrogen and oxygen atoms in total. The van der Waals surface area contributed by atoms with Crippen molar-refractivity contribution in [3.8, 4) is 0 Å². The molecule has 0 atom stereocenters. The van der Waals surface area contributed by atoms with E-state index in [1.165, 1.54) is 0 Å². The number of anilines is 2. The van der Waals surface area contributed by atoms with Gasteiger partial charge in [-0.1, -0.05) is 18.2 Å². The van der Waals surface area contributed by atoms with Crippen LogP contribution in [0, 0.1) is 6.07 Å². The summed E-state index contributed by atoms with van der Waals surface area (Å²) in [7, 11) is 0. The summed E-state index contributed by atoms with van der Waals surface area (Å²) in [5.41, 5.74) is 7.43. The number of nitrogens with two attached hydrogens (primary N) is 1. The highest BCUT2D eigenvalue weighted by Crippen LogP contribution is 2.15. The number of hydrogen-bond acceptors (Lipinski definition) is 2. The lowest BCUT2D eigenvalue weighted by Crippen LogP contribution is -2.10. The first kappa shape index (κ1) is 10.2. The summed E-state index contributed by atoms with van der Waals surface area (Å²) in [4.78, 5) is 10.9. The molecule has 0 bridgehead atoms. The van der Waals surface area contributed by atoms with E-state index in [1.54, 1.807) is 24.3 Å². The van der Waals surface area contributed by atoms with E-state index >= 15 is 0 Å². The minimum Gasteiger partial charge on any atom is -0.366 e. The van der Waals surface area contributed by atoms with E-state index in [9.17, 15) is 4.79 Å². The second kappa shape index (κ2) is 4.49. The molecule has 3 N–H and O–H groups in total. The van der Waals surface area contributed by atoms with Crippen LogP contribution >= 0.6 is 0 Å². The quantitative estimate of drug-likeness (QED) is 0.818. The first-order chi connectivity index (χ1) is 7.75. The van der Waals surface area contributed by atoms with Crippen LogP contribution in [0.15, 0.2) is 48.5 Å². The Morgan fingerprint density at radius 2 is 1.88 bits per heavy atom. The highest BCUT2D eigenvalue weighted by Gasteiger charge is 1.99. The molecule has 79 valence electrons. The van der Waals surface area contributed by atoms with Crippen molar-refractivity contribution in [3.63, 3.8) is 0 Å². The van der Waals surface area contributed by atoms with Crippen LogP contribution in [0.5, 0.6) is 0 Å². The second-order valence-corrected chi connectivity index (χ2v) is 3.34. The van der Waals surface area contributed by atoms with Gasteiger partial charge in [-0.3, -0.25) is 4.79 Å². The molecule has 0 aliphatic rings. The van der Waals surface area contributed by atoms with Crippen molar-refractivity contribution in [3.05, 3.63) is 60.2 Å². The van der Waals surface area contributed by atoms with Gasteiger partial charge in [-0.2, -0.15) is 0 Å². The summed E-state index contributed by atoms with van der Waals surface area (Å²) in [6, 6.07) is 17.6. The molecule has 0 aliphatic carbocycles. The number of nitrogens with one attached hydrogen (secondary N) is 1. The van der Waals surface area contributed by atoms with Gasteiger partial charge < -0.3 is 11.1 Å². The van der Waals surface area contributed by atoms with Crippen LogP contribution in [-0.4, -0.2) is 5.91 Å². The number of para-hydroxylation sites is 1. The van der Waals surface area contributed by atoms with Gasteiger partial charge in [0.2, 0.25) is 5.91 Å². The maximum atomic E-state index is 10.9. The predicted molar refractivity (Wildman–Crippen MR) is 63.5 cm³/mol. The van der Waals surface area contributed by atoms with Crippen LogP contribution in [0.1, 0.15) is 10.4 Å². The Hall–Kier alpha value is -2.29. The molecule has 0 heterocycles. The monoisotopic (exact) mass is 211 g/mol. The minimum atomic E-state index is -0.419. The Bertz CT molecular complexity index is 477. The molecule has 1 amide bonds. The van der Waals surface area contributed by atoms with Crippen LogP contribution in [0.25, 0.3) is 0 Å². The molecule has 16 heavy (non-hydrogen) atoms. The molecule has 2 aromatic rings. The van der Waals surface area contributed by atoms with E-state index in [-0.39, 0.29) is 0 Å². The molecule has 0 spiro atoms. The fraction of sp³-hybridized carbons (Fsp3) is 0. The third-order valence-corrected chi connectivity index (χ3v) is 2.16. The molecule has 1 radical (unpaired) electrons. The summed E-state index contributed by atoms with van der Waals surface area (Å²) < 4.78 is 0. The molecule has 0 unspecified atom stereocenters. The highest BCUT2D eigenvalue weighted by atomic mass is 16.1. The van der Waals surface area contributed by atoms with Crippen LogP contribution in [0.2, 0.25) is 0 Å². The maximum absolute atomic E-state index is 10.9. The van der Waals surface area contributed by atoms with Crippen molar-refractivity contribution in [1.82, 2.24) is 0 Å². The molecule has 0 saturated heterocycles. The van der Waals surface area contributed by atoms with Crippen molar-refractivity contribution in [1.29, 1.82) is 0 Å². The molecule has 0 fully saturated rings. The van der Waals surface area contributed by atoms with Gasteiger partial charge in [0.05, 0.1) is 0 Å². The molecular formula is C13H11N2O. The molecule has 0 saturated carbocycles. The smallest absolute Gasteiger partial charge is 0.248 e.